The van der Waals surface area contributed by atoms with E-state index in [2.05, 4.69) is 0 Å². The lowest BCUT2D eigenvalue weighted by atomic mass is 9.98. The Morgan fingerprint density at radius 2 is 1.86 bits per heavy atom. The van der Waals surface area contributed by atoms with Crippen molar-refractivity contribution in [3.63, 3.8) is 0 Å². The molecule has 0 aliphatic heterocycles. The number of hydrogen-bond donors (Lipinski definition) is 1. The predicted octanol–water partition coefficient (Wildman–Crippen LogP) is 3.26. The number of carboxylic acid groups (broad SMARTS) is 1. The molecule has 2 nitrogen and oxygen atoms in total. The highest BCUT2D eigenvalue weighted by molar-refractivity contribution is 6.36. The third-order valence-electron chi connectivity index (χ3n) is 1.83. The summed E-state index contributed by atoms with van der Waals surface area (Å²) >= 11 is 11.3. The van der Waals surface area contributed by atoms with Crippen molar-refractivity contribution in [2.45, 2.75) is 12.6 Å². The van der Waals surface area contributed by atoms with Gasteiger partial charge in [0, 0.05) is 15.6 Å². The summed E-state index contributed by atoms with van der Waals surface area (Å²) in [4.78, 5) is 10.6. The van der Waals surface area contributed by atoms with E-state index < -0.39 is 11.6 Å². The zero-order valence-electron chi connectivity index (χ0n) is 7.22. The molecule has 0 aliphatic rings. The summed E-state index contributed by atoms with van der Waals surface area (Å²) < 4.78 is 13.7. The lowest BCUT2D eigenvalue weighted by molar-refractivity contribution is -0.150. The predicted molar refractivity (Wildman–Crippen MR) is 52.6 cm³/mol. The van der Waals surface area contributed by atoms with Crippen LogP contribution in [0.1, 0.15) is 12.5 Å². The highest BCUT2D eigenvalue weighted by Gasteiger charge is 2.38. The molecule has 0 radical (unpaired) electrons. The minimum absolute atomic E-state index is 0.00454. The van der Waals surface area contributed by atoms with Gasteiger partial charge in [-0.3, -0.25) is 0 Å². The summed E-state index contributed by atoms with van der Waals surface area (Å²) in [7, 11) is 0. The Kier molecular flexibility index (Phi) is 3.02. The van der Waals surface area contributed by atoms with Gasteiger partial charge in [-0.2, -0.15) is 0 Å². The summed E-state index contributed by atoms with van der Waals surface area (Å²) in [5.74, 6) is -1.62. The second kappa shape index (κ2) is 3.75. The van der Waals surface area contributed by atoms with Crippen molar-refractivity contribution in [1.29, 1.82) is 0 Å². The fraction of sp³-hybridized carbons (Fsp3) is 0.222. The van der Waals surface area contributed by atoms with E-state index in [4.69, 9.17) is 28.3 Å². The summed E-state index contributed by atoms with van der Waals surface area (Å²) in [6.07, 6.45) is 0. The van der Waals surface area contributed by atoms with Gasteiger partial charge in [0.15, 0.2) is 0 Å². The maximum Gasteiger partial charge on any atom is 0.346 e. The first-order valence-corrected chi connectivity index (χ1v) is 4.49. The van der Waals surface area contributed by atoms with E-state index >= 15 is 0 Å². The van der Waals surface area contributed by atoms with Crippen LogP contribution in [0.2, 0.25) is 10.0 Å². The van der Waals surface area contributed by atoms with Crippen molar-refractivity contribution in [2.24, 2.45) is 0 Å². The Bertz CT molecular complexity index is 357. The quantitative estimate of drug-likeness (QED) is 0.856. The van der Waals surface area contributed by atoms with Gasteiger partial charge in [-0.05, 0) is 19.1 Å². The van der Waals surface area contributed by atoms with Crippen molar-refractivity contribution in [1.82, 2.24) is 0 Å². The van der Waals surface area contributed by atoms with Gasteiger partial charge in [0.1, 0.15) is 0 Å². The number of carbonyl (C=O) groups is 1. The number of hydrogen-bond acceptors (Lipinski definition) is 1. The molecule has 1 N–H and O–H groups in total. The second-order valence-corrected chi connectivity index (χ2v) is 3.72. The van der Waals surface area contributed by atoms with Crippen LogP contribution in [0, 0.1) is 0 Å². The molecule has 0 spiro atoms. The Morgan fingerprint density at radius 1 is 1.43 bits per heavy atom. The number of rotatable bonds is 2. The molecule has 0 saturated heterocycles. The molecule has 0 aliphatic carbocycles. The zero-order valence-corrected chi connectivity index (χ0v) is 8.73. The van der Waals surface area contributed by atoms with Crippen molar-refractivity contribution in [3.05, 3.63) is 33.8 Å². The Labute approximate surface area is 90.3 Å². The van der Waals surface area contributed by atoms with Gasteiger partial charge in [-0.1, -0.05) is 29.3 Å². The number of aliphatic carboxylic acids is 1. The molecule has 1 unspecified atom stereocenters. The van der Waals surface area contributed by atoms with Gasteiger partial charge >= 0.3 is 5.97 Å². The molecule has 0 bridgehead atoms. The van der Waals surface area contributed by atoms with Crippen LogP contribution in [0.5, 0.6) is 0 Å². The molecular formula is C9H7Cl2FO2. The number of benzene rings is 1. The van der Waals surface area contributed by atoms with Crippen LogP contribution in [0.4, 0.5) is 4.39 Å². The average Bonchev–Trinajstić information content (AvgIpc) is 2.02. The van der Waals surface area contributed by atoms with Crippen molar-refractivity contribution in [3.8, 4) is 0 Å². The topological polar surface area (TPSA) is 37.3 Å². The fourth-order valence-electron chi connectivity index (χ4n) is 1.05. The third-order valence-corrected chi connectivity index (χ3v) is 2.46. The summed E-state index contributed by atoms with van der Waals surface area (Å²) in [6.45, 7) is 0.905. The van der Waals surface area contributed by atoms with Gasteiger partial charge in [0.05, 0.1) is 0 Å². The highest BCUT2D eigenvalue weighted by atomic mass is 35.5. The van der Waals surface area contributed by atoms with Gasteiger partial charge in [0.25, 0.3) is 0 Å². The Balaban J connectivity index is 3.38. The zero-order chi connectivity index (χ0) is 10.9. The van der Waals surface area contributed by atoms with Crippen LogP contribution in [0.3, 0.4) is 0 Å². The first-order valence-electron chi connectivity index (χ1n) is 3.74. The second-order valence-electron chi connectivity index (χ2n) is 2.90. The van der Waals surface area contributed by atoms with Crippen LogP contribution in [-0.2, 0) is 10.5 Å². The molecule has 14 heavy (non-hydrogen) atoms. The van der Waals surface area contributed by atoms with Crippen molar-refractivity contribution < 1.29 is 14.3 Å². The van der Waals surface area contributed by atoms with Crippen LogP contribution in [0.15, 0.2) is 18.2 Å². The van der Waals surface area contributed by atoms with Gasteiger partial charge < -0.3 is 5.11 Å². The molecule has 1 aromatic carbocycles. The van der Waals surface area contributed by atoms with E-state index in [0.717, 1.165) is 6.92 Å². The molecule has 76 valence electrons. The van der Waals surface area contributed by atoms with Crippen molar-refractivity contribution >= 4 is 29.2 Å². The van der Waals surface area contributed by atoms with E-state index in [-0.39, 0.29) is 15.6 Å². The standard InChI is InChI=1S/C9H7Cl2FO2/c1-9(12,8(13)14)7-5(10)3-2-4-6(7)11/h2-4H,1H3,(H,13,14). The minimum atomic E-state index is -2.57. The van der Waals surface area contributed by atoms with E-state index in [1.807, 2.05) is 0 Å². The number of halogens is 3. The maximum absolute atomic E-state index is 13.7. The van der Waals surface area contributed by atoms with E-state index in [0.29, 0.717) is 0 Å². The molecule has 1 aromatic rings. The molecular weight excluding hydrogens is 230 g/mol. The Hall–Kier alpha value is -0.800. The first-order chi connectivity index (χ1) is 6.37. The summed E-state index contributed by atoms with van der Waals surface area (Å²) in [6, 6.07) is 4.30. The molecule has 0 heterocycles. The van der Waals surface area contributed by atoms with Crippen LogP contribution in [0.25, 0.3) is 0 Å². The maximum atomic E-state index is 13.7. The number of alkyl halides is 1. The first kappa shape index (κ1) is 11.3. The Morgan fingerprint density at radius 3 is 2.21 bits per heavy atom. The fourth-order valence-corrected chi connectivity index (χ4v) is 1.81. The molecule has 5 heteroatoms. The number of carboxylic acids is 1. The lowest BCUT2D eigenvalue weighted by Crippen LogP contribution is -2.27. The molecule has 0 aromatic heterocycles. The molecule has 1 rings (SSSR count). The SMILES string of the molecule is CC(F)(C(=O)O)c1c(Cl)cccc1Cl. The molecule has 1 atom stereocenters. The van der Waals surface area contributed by atoms with Gasteiger partial charge in [-0.25, -0.2) is 9.18 Å². The van der Waals surface area contributed by atoms with Gasteiger partial charge in [-0.15, -0.1) is 0 Å². The van der Waals surface area contributed by atoms with E-state index in [1.54, 1.807) is 0 Å². The summed E-state index contributed by atoms with van der Waals surface area (Å²) in [5.41, 5.74) is -2.79. The van der Waals surface area contributed by atoms with Gasteiger partial charge in [0.2, 0.25) is 5.67 Å². The van der Waals surface area contributed by atoms with Crippen molar-refractivity contribution in [2.75, 3.05) is 0 Å². The molecule has 0 amide bonds. The van der Waals surface area contributed by atoms with Crippen LogP contribution < -0.4 is 0 Å². The highest BCUT2D eigenvalue weighted by Crippen LogP contribution is 2.36. The average molecular weight is 237 g/mol. The smallest absolute Gasteiger partial charge is 0.346 e. The monoisotopic (exact) mass is 236 g/mol. The third kappa shape index (κ3) is 1.83. The van der Waals surface area contributed by atoms with Crippen LogP contribution >= 0.6 is 23.2 Å². The minimum Gasteiger partial charge on any atom is -0.479 e. The summed E-state index contributed by atoms with van der Waals surface area (Å²) in [5, 5.41) is 8.66. The van der Waals surface area contributed by atoms with E-state index in [1.165, 1.54) is 18.2 Å². The van der Waals surface area contributed by atoms with E-state index in [9.17, 15) is 9.18 Å². The molecule has 0 fully saturated rings. The van der Waals surface area contributed by atoms with Crippen LogP contribution in [-0.4, -0.2) is 11.1 Å². The normalized spacial score (nSPS) is 14.9. The molecule has 0 saturated carbocycles. The lowest BCUT2D eigenvalue weighted by Gasteiger charge is -2.18. The largest absolute Gasteiger partial charge is 0.479 e.